The normalized spacial score (nSPS) is 14.6. The summed E-state index contributed by atoms with van der Waals surface area (Å²) < 4.78 is 37.7. The summed E-state index contributed by atoms with van der Waals surface area (Å²) >= 11 is 0. The number of sulfonamides is 1. The molecule has 0 heterocycles. The summed E-state index contributed by atoms with van der Waals surface area (Å²) in [6, 6.07) is 5.40. The summed E-state index contributed by atoms with van der Waals surface area (Å²) in [5.74, 6) is -0.536. The van der Waals surface area contributed by atoms with Gasteiger partial charge in [-0.3, -0.25) is 9.00 Å². The number of carboxylic acid groups (broad SMARTS) is 1. The van der Waals surface area contributed by atoms with Crippen LogP contribution in [0.25, 0.3) is 0 Å². The van der Waals surface area contributed by atoms with Gasteiger partial charge in [-0.25, -0.2) is 13.1 Å². The molecule has 2 unspecified atom stereocenters. The van der Waals surface area contributed by atoms with Crippen molar-refractivity contribution in [3.05, 3.63) is 29.8 Å². The Balaban J connectivity index is 2.73. The van der Waals surface area contributed by atoms with E-state index in [9.17, 15) is 17.4 Å². The molecular weight excluding hydrogens is 314 g/mol. The Kier molecular flexibility index (Phi) is 6.50. The number of hydrogen-bond donors (Lipinski definition) is 2. The van der Waals surface area contributed by atoms with Gasteiger partial charge >= 0.3 is 5.97 Å². The van der Waals surface area contributed by atoms with Crippen molar-refractivity contribution in [2.45, 2.75) is 30.7 Å². The second-order valence-corrected chi connectivity index (χ2v) is 8.07. The molecular formula is C13H19NO5S2. The van der Waals surface area contributed by atoms with Crippen LogP contribution in [0.3, 0.4) is 0 Å². The fourth-order valence-corrected chi connectivity index (χ4v) is 3.66. The maximum absolute atomic E-state index is 12.1. The summed E-state index contributed by atoms with van der Waals surface area (Å²) in [5, 5.41) is 8.66. The smallest absolute Gasteiger partial charge is 0.307 e. The van der Waals surface area contributed by atoms with Crippen molar-refractivity contribution in [1.29, 1.82) is 0 Å². The van der Waals surface area contributed by atoms with Gasteiger partial charge in [-0.2, -0.15) is 0 Å². The topological polar surface area (TPSA) is 101 Å². The van der Waals surface area contributed by atoms with Crippen LogP contribution in [0.15, 0.2) is 29.2 Å². The largest absolute Gasteiger partial charge is 0.481 e. The van der Waals surface area contributed by atoms with E-state index in [0.29, 0.717) is 17.7 Å². The zero-order valence-corrected chi connectivity index (χ0v) is 13.5. The maximum atomic E-state index is 12.1. The quantitative estimate of drug-likeness (QED) is 0.731. The summed E-state index contributed by atoms with van der Waals surface area (Å²) in [7, 11) is -4.61. The van der Waals surface area contributed by atoms with E-state index in [1.54, 1.807) is 13.2 Å². The van der Waals surface area contributed by atoms with Gasteiger partial charge < -0.3 is 5.11 Å². The number of benzene rings is 1. The predicted octanol–water partition coefficient (Wildman–Crippen LogP) is 0.749. The SMILES string of the molecule is CC(CCS(C)=O)NS(=O)(=O)c1ccc(CC(=O)O)cc1. The second kappa shape index (κ2) is 7.67. The van der Waals surface area contributed by atoms with Crippen LogP contribution in [-0.2, 0) is 32.0 Å². The molecule has 6 nitrogen and oxygen atoms in total. The lowest BCUT2D eigenvalue weighted by Gasteiger charge is -2.13. The van der Waals surface area contributed by atoms with Gasteiger partial charge in [0.1, 0.15) is 0 Å². The zero-order valence-electron chi connectivity index (χ0n) is 11.9. The summed E-state index contributed by atoms with van der Waals surface area (Å²) in [6.45, 7) is 1.71. The first kappa shape index (κ1) is 17.8. The van der Waals surface area contributed by atoms with Crippen molar-refractivity contribution in [2.24, 2.45) is 0 Å². The Labute approximate surface area is 127 Å². The van der Waals surface area contributed by atoms with Gasteiger partial charge in [-0.05, 0) is 31.0 Å². The Morgan fingerprint density at radius 3 is 2.38 bits per heavy atom. The number of hydrogen-bond acceptors (Lipinski definition) is 4. The lowest BCUT2D eigenvalue weighted by molar-refractivity contribution is -0.136. The lowest BCUT2D eigenvalue weighted by Crippen LogP contribution is -2.33. The number of aliphatic carboxylic acids is 1. The maximum Gasteiger partial charge on any atom is 0.307 e. The van der Waals surface area contributed by atoms with Crippen molar-refractivity contribution in [3.63, 3.8) is 0 Å². The summed E-state index contributed by atoms with van der Waals surface area (Å²) in [4.78, 5) is 10.7. The molecule has 8 heteroatoms. The van der Waals surface area contributed by atoms with Crippen molar-refractivity contribution in [3.8, 4) is 0 Å². The third-order valence-electron chi connectivity index (χ3n) is 2.78. The zero-order chi connectivity index (χ0) is 16.0. The molecule has 118 valence electrons. The Hall–Kier alpha value is -1.25. The van der Waals surface area contributed by atoms with Crippen LogP contribution >= 0.6 is 0 Å². The highest BCUT2D eigenvalue weighted by Gasteiger charge is 2.17. The highest BCUT2D eigenvalue weighted by molar-refractivity contribution is 7.89. The summed E-state index contributed by atoms with van der Waals surface area (Å²) in [6.07, 6.45) is 1.91. The molecule has 2 N–H and O–H groups in total. The van der Waals surface area contributed by atoms with Gasteiger partial charge in [0.2, 0.25) is 10.0 Å². The van der Waals surface area contributed by atoms with E-state index in [1.165, 1.54) is 24.3 Å². The number of carbonyl (C=O) groups is 1. The average molecular weight is 333 g/mol. The van der Waals surface area contributed by atoms with Crippen molar-refractivity contribution < 1.29 is 22.5 Å². The first-order chi connectivity index (χ1) is 9.70. The Morgan fingerprint density at radius 1 is 1.33 bits per heavy atom. The molecule has 0 bridgehead atoms. The first-order valence-corrected chi connectivity index (χ1v) is 9.55. The lowest BCUT2D eigenvalue weighted by atomic mass is 10.2. The molecule has 0 aliphatic heterocycles. The van der Waals surface area contributed by atoms with E-state index < -0.39 is 26.8 Å². The van der Waals surface area contributed by atoms with Gasteiger partial charge in [0.25, 0.3) is 0 Å². The minimum absolute atomic E-state index is 0.0844. The van der Waals surface area contributed by atoms with Gasteiger partial charge in [0, 0.05) is 28.9 Å². The van der Waals surface area contributed by atoms with Crippen molar-refractivity contribution in [1.82, 2.24) is 4.72 Å². The molecule has 0 fully saturated rings. The van der Waals surface area contributed by atoms with Gasteiger partial charge in [0.15, 0.2) is 0 Å². The van der Waals surface area contributed by atoms with Crippen LogP contribution < -0.4 is 4.72 Å². The molecule has 0 spiro atoms. The third-order valence-corrected chi connectivity index (χ3v) is 5.20. The van der Waals surface area contributed by atoms with Crippen molar-refractivity contribution >= 4 is 26.8 Å². The van der Waals surface area contributed by atoms with E-state index in [-0.39, 0.29) is 17.4 Å². The first-order valence-electron chi connectivity index (χ1n) is 6.34. The molecule has 0 aliphatic rings. The monoisotopic (exact) mass is 333 g/mol. The average Bonchev–Trinajstić information content (AvgIpc) is 2.35. The highest BCUT2D eigenvalue weighted by Crippen LogP contribution is 2.12. The Bertz CT molecular complexity index is 610. The van der Waals surface area contributed by atoms with Gasteiger partial charge in [0.05, 0.1) is 11.3 Å². The predicted molar refractivity (Wildman–Crippen MR) is 81.1 cm³/mol. The molecule has 1 aromatic rings. The van der Waals surface area contributed by atoms with Crippen LogP contribution in [0.1, 0.15) is 18.9 Å². The van der Waals surface area contributed by atoms with E-state index in [4.69, 9.17) is 5.11 Å². The highest BCUT2D eigenvalue weighted by atomic mass is 32.2. The van der Waals surface area contributed by atoms with E-state index in [1.807, 2.05) is 0 Å². The molecule has 0 amide bonds. The van der Waals surface area contributed by atoms with E-state index in [2.05, 4.69) is 4.72 Å². The molecule has 0 aliphatic carbocycles. The molecule has 1 aromatic carbocycles. The Morgan fingerprint density at radius 2 is 1.90 bits per heavy atom. The molecule has 1 rings (SSSR count). The molecule has 0 radical (unpaired) electrons. The number of nitrogens with one attached hydrogen (secondary N) is 1. The number of carboxylic acids is 1. The number of rotatable bonds is 8. The van der Waals surface area contributed by atoms with Crippen LogP contribution in [0.2, 0.25) is 0 Å². The van der Waals surface area contributed by atoms with E-state index in [0.717, 1.165) is 0 Å². The standard InChI is InChI=1S/C13H19NO5S2/c1-10(7-8-20(2)17)14-21(18,19)12-5-3-11(4-6-12)9-13(15)16/h3-6,10,14H,7-9H2,1-2H3,(H,15,16). The van der Waals surface area contributed by atoms with Gasteiger partial charge in [-0.1, -0.05) is 12.1 Å². The van der Waals surface area contributed by atoms with Crippen LogP contribution in [0.5, 0.6) is 0 Å². The fraction of sp³-hybridized carbons (Fsp3) is 0.462. The molecule has 21 heavy (non-hydrogen) atoms. The summed E-state index contributed by atoms with van der Waals surface area (Å²) in [5.41, 5.74) is 0.538. The van der Waals surface area contributed by atoms with Crippen LogP contribution in [0.4, 0.5) is 0 Å². The minimum atomic E-state index is -3.65. The fourth-order valence-electron chi connectivity index (χ4n) is 1.70. The molecule has 2 atom stereocenters. The van der Waals surface area contributed by atoms with Crippen molar-refractivity contribution in [2.75, 3.05) is 12.0 Å². The van der Waals surface area contributed by atoms with Gasteiger partial charge in [-0.15, -0.1) is 0 Å². The minimum Gasteiger partial charge on any atom is -0.481 e. The molecule has 0 aromatic heterocycles. The molecule has 0 saturated heterocycles. The third kappa shape index (κ3) is 6.36. The van der Waals surface area contributed by atoms with Crippen LogP contribution in [-0.4, -0.2) is 41.8 Å². The second-order valence-electron chi connectivity index (χ2n) is 4.80. The van der Waals surface area contributed by atoms with Crippen LogP contribution in [0, 0.1) is 0 Å². The molecule has 0 saturated carbocycles. The van der Waals surface area contributed by atoms with E-state index >= 15 is 0 Å².